The summed E-state index contributed by atoms with van der Waals surface area (Å²) >= 11 is 0. The first-order valence-electron chi connectivity index (χ1n) is 14.6. The molecule has 2 heterocycles. The molecule has 2 aliphatic rings. The number of nitrogens with zero attached hydrogens (tertiary/aromatic N) is 4. The van der Waals surface area contributed by atoms with Crippen molar-refractivity contribution >= 4 is 46.6 Å². The van der Waals surface area contributed by atoms with Crippen molar-refractivity contribution in [2.24, 2.45) is 5.92 Å². The number of anilines is 3. The number of hydrogen-bond acceptors (Lipinski definition) is 8. The maximum atomic E-state index is 13.4. The molecule has 4 amide bonds. The number of hydrogen-bond donors (Lipinski definition) is 4. The van der Waals surface area contributed by atoms with E-state index in [1.54, 1.807) is 30.5 Å². The average molecular weight is 616 g/mol. The van der Waals surface area contributed by atoms with Gasteiger partial charge in [0.25, 0.3) is 11.6 Å². The normalized spacial score (nSPS) is 15.4. The van der Waals surface area contributed by atoms with E-state index in [0.717, 1.165) is 19.3 Å². The number of nitro groups is 1. The lowest BCUT2D eigenvalue weighted by molar-refractivity contribution is -0.384. The predicted octanol–water partition coefficient (Wildman–Crippen LogP) is 4.03. The molecule has 0 spiro atoms. The van der Waals surface area contributed by atoms with E-state index >= 15 is 0 Å². The molecule has 1 aliphatic carbocycles. The molecule has 0 bridgehead atoms. The van der Waals surface area contributed by atoms with Crippen molar-refractivity contribution in [1.82, 2.24) is 15.2 Å². The van der Waals surface area contributed by atoms with E-state index in [-0.39, 0.29) is 29.5 Å². The Morgan fingerprint density at radius 3 is 2.44 bits per heavy atom. The number of nitrogens with one attached hydrogen (secondary N) is 3. The Kier molecular flexibility index (Phi) is 9.51. The van der Waals surface area contributed by atoms with E-state index in [9.17, 15) is 34.4 Å². The zero-order valence-corrected chi connectivity index (χ0v) is 24.3. The van der Waals surface area contributed by atoms with Gasteiger partial charge in [0.1, 0.15) is 0 Å². The third kappa shape index (κ3) is 8.10. The van der Waals surface area contributed by atoms with Crippen molar-refractivity contribution in [2.75, 3.05) is 41.7 Å². The van der Waals surface area contributed by atoms with Crippen molar-refractivity contribution in [3.63, 3.8) is 0 Å². The van der Waals surface area contributed by atoms with Crippen molar-refractivity contribution < 1.29 is 29.2 Å². The SMILES string of the molecule is O=C(O)CC(NC(=O)c1ccc(N2CCCN(C(=O)C3CC3)CC2)c(NC(=O)Nc2ccc([N+](=O)[O-])cc2)c1)c1cccnc1. The van der Waals surface area contributed by atoms with Crippen LogP contribution in [0.3, 0.4) is 0 Å². The number of amides is 4. The van der Waals surface area contributed by atoms with Crippen molar-refractivity contribution in [3.05, 3.63) is 88.2 Å². The summed E-state index contributed by atoms with van der Waals surface area (Å²) in [5, 5.41) is 28.6. The number of rotatable bonds is 10. The number of non-ortho nitro benzene ring substituents is 1. The van der Waals surface area contributed by atoms with Crippen molar-refractivity contribution in [3.8, 4) is 0 Å². The maximum Gasteiger partial charge on any atom is 0.323 e. The topological polar surface area (TPSA) is 187 Å². The first-order valence-corrected chi connectivity index (χ1v) is 14.6. The number of carboxylic acids is 1. The smallest absolute Gasteiger partial charge is 0.323 e. The van der Waals surface area contributed by atoms with Crippen LogP contribution in [-0.2, 0) is 9.59 Å². The lowest BCUT2D eigenvalue weighted by Crippen LogP contribution is -2.36. The second-order valence-electron chi connectivity index (χ2n) is 11.0. The highest BCUT2D eigenvalue weighted by atomic mass is 16.6. The van der Waals surface area contributed by atoms with Gasteiger partial charge in [-0.2, -0.15) is 0 Å². The summed E-state index contributed by atoms with van der Waals surface area (Å²) in [6.45, 7) is 2.29. The predicted molar refractivity (Wildman–Crippen MR) is 165 cm³/mol. The molecule has 1 aliphatic heterocycles. The van der Waals surface area contributed by atoms with E-state index in [2.05, 4.69) is 20.9 Å². The highest BCUT2D eigenvalue weighted by Gasteiger charge is 2.34. The second kappa shape index (κ2) is 13.8. The highest BCUT2D eigenvalue weighted by molar-refractivity contribution is 6.04. The van der Waals surface area contributed by atoms with E-state index in [1.807, 2.05) is 9.80 Å². The summed E-state index contributed by atoms with van der Waals surface area (Å²) in [6, 6.07) is 12.0. The molecule has 1 saturated heterocycles. The molecule has 2 fully saturated rings. The van der Waals surface area contributed by atoms with Gasteiger partial charge in [0.05, 0.1) is 28.8 Å². The Morgan fingerprint density at radius 2 is 1.78 bits per heavy atom. The fraction of sp³-hybridized carbons (Fsp3) is 0.323. The largest absolute Gasteiger partial charge is 0.481 e. The summed E-state index contributed by atoms with van der Waals surface area (Å²) in [6.07, 6.45) is 5.25. The van der Waals surface area contributed by atoms with Crippen LogP contribution < -0.4 is 20.9 Å². The minimum absolute atomic E-state index is 0.117. The highest BCUT2D eigenvalue weighted by Crippen LogP contribution is 2.33. The summed E-state index contributed by atoms with van der Waals surface area (Å²) in [5.74, 6) is -1.35. The molecule has 1 saturated carbocycles. The number of carboxylic acid groups (broad SMARTS) is 1. The second-order valence-corrected chi connectivity index (χ2v) is 11.0. The van der Waals surface area contributed by atoms with E-state index in [1.165, 1.54) is 36.5 Å². The monoisotopic (exact) mass is 615 g/mol. The maximum absolute atomic E-state index is 13.4. The molecule has 0 radical (unpaired) electrons. The fourth-order valence-corrected chi connectivity index (χ4v) is 5.22. The summed E-state index contributed by atoms with van der Waals surface area (Å²) in [5.41, 5.74) is 1.88. The van der Waals surface area contributed by atoms with Gasteiger partial charge < -0.3 is 30.9 Å². The fourth-order valence-electron chi connectivity index (χ4n) is 5.22. The zero-order chi connectivity index (χ0) is 31.9. The first kappa shape index (κ1) is 30.9. The number of benzene rings is 2. The molecule has 2 aromatic carbocycles. The quantitative estimate of drug-likeness (QED) is 0.193. The number of nitro benzene ring substituents is 1. The number of pyridine rings is 1. The molecule has 1 atom stereocenters. The van der Waals surface area contributed by atoms with E-state index in [4.69, 9.17) is 0 Å². The third-order valence-corrected chi connectivity index (χ3v) is 7.69. The molecule has 1 aromatic heterocycles. The van der Waals surface area contributed by atoms with E-state index in [0.29, 0.717) is 48.8 Å². The summed E-state index contributed by atoms with van der Waals surface area (Å²) < 4.78 is 0. The zero-order valence-electron chi connectivity index (χ0n) is 24.3. The lowest BCUT2D eigenvalue weighted by atomic mass is 10.0. The van der Waals surface area contributed by atoms with Gasteiger partial charge in [0, 0.05) is 67.9 Å². The number of urea groups is 1. The van der Waals surface area contributed by atoms with Gasteiger partial charge in [-0.25, -0.2) is 4.79 Å². The molecular weight excluding hydrogens is 582 g/mol. The Hall–Kier alpha value is -5.53. The number of carbonyl (C=O) groups is 4. The first-order chi connectivity index (χ1) is 21.7. The molecule has 234 valence electrons. The summed E-state index contributed by atoms with van der Waals surface area (Å²) in [7, 11) is 0. The summed E-state index contributed by atoms with van der Waals surface area (Å²) in [4.78, 5) is 69.1. The van der Waals surface area contributed by atoms with Crippen LogP contribution in [0, 0.1) is 16.0 Å². The number of aliphatic carboxylic acids is 1. The Balaban J connectivity index is 1.38. The van der Waals surface area contributed by atoms with Gasteiger partial charge in [-0.1, -0.05) is 6.07 Å². The molecular formula is C31H33N7O7. The van der Waals surface area contributed by atoms with Crippen LogP contribution in [0.25, 0.3) is 0 Å². The average Bonchev–Trinajstić information content (AvgIpc) is 3.89. The van der Waals surface area contributed by atoms with Crippen LogP contribution in [0.5, 0.6) is 0 Å². The van der Waals surface area contributed by atoms with Crippen LogP contribution in [0.2, 0.25) is 0 Å². The number of carbonyl (C=O) groups excluding carboxylic acids is 3. The van der Waals surface area contributed by atoms with Gasteiger partial charge in [0.15, 0.2) is 0 Å². The molecule has 4 N–H and O–H groups in total. The van der Waals surface area contributed by atoms with Crippen molar-refractivity contribution in [1.29, 1.82) is 0 Å². The van der Waals surface area contributed by atoms with Crippen LogP contribution in [0.15, 0.2) is 67.0 Å². The van der Waals surface area contributed by atoms with Gasteiger partial charge in [0.2, 0.25) is 5.91 Å². The molecule has 3 aromatic rings. The Labute approximate surface area is 258 Å². The molecule has 14 nitrogen and oxygen atoms in total. The van der Waals surface area contributed by atoms with Crippen LogP contribution >= 0.6 is 0 Å². The standard InChI is InChI=1S/C31H33N7O7/c39-28(40)18-25(22-3-1-12-32-19-22)34-29(41)21-6-11-27(36-13-2-14-37(16-15-36)30(42)20-4-5-20)26(17-21)35-31(43)33-23-7-9-24(10-8-23)38(44)45/h1,3,6-12,17,19-20,25H,2,4-5,13-16,18H2,(H,34,41)(H,39,40)(H2,33,35,43). The van der Waals surface area contributed by atoms with Crippen LogP contribution in [-0.4, -0.2) is 69.9 Å². The van der Waals surface area contributed by atoms with Gasteiger partial charge in [-0.3, -0.25) is 29.5 Å². The minimum atomic E-state index is -1.10. The molecule has 45 heavy (non-hydrogen) atoms. The van der Waals surface area contributed by atoms with Gasteiger partial charge in [-0.15, -0.1) is 0 Å². The van der Waals surface area contributed by atoms with Crippen molar-refractivity contribution in [2.45, 2.75) is 31.7 Å². The Bertz CT molecular complexity index is 1580. The van der Waals surface area contributed by atoms with Gasteiger partial charge >= 0.3 is 12.0 Å². The Morgan fingerprint density at radius 1 is 1.00 bits per heavy atom. The van der Waals surface area contributed by atoms with E-state index < -0.39 is 28.9 Å². The molecule has 5 rings (SSSR count). The lowest BCUT2D eigenvalue weighted by Gasteiger charge is -2.27. The van der Waals surface area contributed by atoms with Crippen LogP contribution in [0.1, 0.15) is 47.6 Å². The van der Waals surface area contributed by atoms with Crippen LogP contribution in [0.4, 0.5) is 27.5 Å². The van der Waals surface area contributed by atoms with Gasteiger partial charge in [-0.05, 0) is 61.2 Å². The third-order valence-electron chi connectivity index (χ3n) is 7.69. The molecule has 1 unspecified atom stereocenters. The minimum Gasteiger partial charge on any atom is -0.481 e. The number of aromatic nitrogens is 1. The molecule has 14 heteroatoms.